The Hall–Kier alpha value is -9.64. The quantitative estimate of drug-likeness (QED) is 0.0124. The predicted octanol–water partition coefficient (Wildman–Crippen LogP) is -3.81. The van der Waals surface area contributed by atoms with E-state index in [0.717, 1.165) is 0 Å². The van der Waals surface area contributed by atoms with Crippen molar-refractivity contribution in [2.75, 3.05) is 19.7 Å². The zero-order valence-electron chi connectivity index (χ0n) is 44.9. The van der Waals surface area contributed by atoms with Gasteiger partial charge in [0.25, 0.3) is 0 Å². The van der Waals surface area contributed by atoms with Crippen molar-refractivity contribution in [3.05, 3.63) is 114 Å². The standard InChI is InChI=1S/C53H70N14O15/c1-28(2)44(52(81)82)67-50(79)40(23-43(72)73)65-48(77)39(21-31-12-16-34(70)17-13-31)64-47(76)37(20-30-10-14-33(69)15-11-30)61-42(71)25-59-46(75)36(9-6-18-58-53(55)56)62-51(80)41(26-68)66-49(78)38(19-29-7-4-3-5-8-29)63-45(74)35(54)22-32-24-57-27-60-32/h3-5,7-8,10-17,24,27-28,35-41,44,68-70H,6,9,18-23,25-26,54H2,1-2H3,(H,57,60)(H,59,75)(H,61,71)(H,62,80)(H,63,74)(H,64,76)(H,65,77)(H,66,78)(H,67,79)(H,72,73)(H,81,82)(H4,55,56,58)/t35-,36-,37-,38-,39-,40-,41-,44-/m0/s1. The number of benzene rings is 3. The molecule has 29 heteroatoms. The fraction of sp³-hybridized carbons (Fsp3) is 0.396. The van der Waals surface area contributed by atoms with Crippen LogP contribution in [0.5, 0.6) is 11.5 Å². The molecule has 20 N–H and O–H groups in total. The molecule has 8 atom stereocenters. The molecule has 0 fully saturated rings. The molecule has 0 aliphatic carbocycles. The number of carbonyl (C=O) groups is 10. The summed E-state index contributed by atoms with van der Waals surface area (Å²) in [5.41, 5.74) is 19.0. The predicted molar refractivity (Wildman–Crippen MR) is 292 cm³/mol. The highest BCUT2D eigenvalue weighted by Gasteiger charge is 2.35. The van der Waals surface area contributed by atoms with Gasteiger partial charge < -0.3 is 90.3 Å². The van der Waals surface area contributed by atoms with Crippen LogP contribution in [0.3, 0.4) is 0 Å². The molecule has 0 saturated heterocycles. The van der Waals surface area contributed by atoms with E-state index in [1.54, 1.807) is 30.3 Å². The highest BCUT2D eigenvalue weighted by Crippen LogP contribution is 2.15. The summed E-state index contributed by atoms with van der Waals surface area (Å²) in [6.07, 6.45) is 1.10. The number of phenolic OH excluding ortho intramolecular Hbond substituents is 2. The number of nitrogens with two attached hydrogens (primary N) is 3. The second-order valence-electron chi connectivity index (χ2n) is 19.3. The summed E-state index contributed by atoms with van der Waals surface area (Å²) in [6.45, 7) is 1.12. The molecule has 442 valence electrons. The Morgan fingerprint density at radius 1 is 0.585 bits per heavy atom. The molecular weight excluding hydrogens is 1070 g/mol. The van der Waals surface area contributed by atoms with Crippen LogP contribution in [0.15, 0.2) is 96.4 Å². The lowest BCUT2D eigenvalue weighted by atomic mass is 10.0. The maximum Gasteiger partial charge on any atom is 0.326 e. The lowest BCUT2D eigenvalue weighted by Crippen LogP contribution is -2.60. The number of H-pyrrole nitrogens is 1. The molecule has 82 heavy (non-hydrogen) atoms. The van der Waals surface area contributed by atoms with Crippen molar-refractivity contribution in [3.8, 4) is 11.5 Å². The lowest BCUT2D eigenvalue weighted by molar-refractivity contribution is -0.144. The van der Waals surface area contributed by atoms with Gasteiger partial charge in [-0.15, -0.1) is 0 Å². The zero-order chi connectivity index (χ0) is 60.5. The van der Waals surface area contributed by atoms with E-state index in [4.69, 9.17) is 17.2 Å². The Labute approximate surface area is 470 Å². The third-order valence-corrected chi connectivity index (χ3v) is 12.3. The monoisotopic (exact) mass is 1140 g/mol. The highest BCUT2D eigenvalue weighted by atomic mass is 16.4. The van der Waals surface area contributed by atoms with E-state index in [1.165, 1.54) is 74.9 Å². The fourth-order valence-corrected chi connectivity index (χ4v) is 7.96. The summed E-state index contributed by atoms with van der Waals surface area (Å²) >= 11 is 0. The minimum Gasteiger partial charge on any atom is -0.508 e. The van der Waals surface area contributed by atoms with Crippen LogP contribution in [0.4, 0.5) is 0 Å². The van der Waals surface area contributed by atoms with Crippen LogP contribution in [-0.4, -0.2) is 169 Å². The number of hydrogen-bond donors (Lipinski definition) is 17. The Morgan fingerprint density at radius 2 is 1.06 bits per heavy atom. The molecule has 1 aromatic heterocycles. The minimum absolute atomic E-state index is 0.0252. The number of rotatable bonds is 33. The number of aliphatic hydroxyl groups is 1. The number of nitrogens with zero attached hydrogens (tertiary/aromatic N) is 2. The Morgan fingerprint density at radius 3 is 1.55 bits per heavy atom. The number of carboxylic acid groups (broad SMARTS) is 2. The van der Waals surface area contributed by atoms with Crippen molar-refractivity contribution in [2.45, 2.75) is 107 Å². The number of aliphatic carboxylic acids is 2. The number of carboxylic acids is 2. The van der Waals surface area contributed by atoms with Gasteiger partial charge in [0.1, 0.15) is 53.8 Å². The number of aliphatic hydroxyl groups excluding tert-OH is 1. The van der Waals surface area contributed by atoms with Gasteiger partial charge in [-0.2, -0.15) is 0 Å². The maximum absolute atomic E-state index is 14.3. The van der Waals surface area contributed by atoms with E-state index >= 15 is 0 Å². The summed E-state index contributed by atoms with van der Waals surface area (Å²) in [5, 5.41) is 68.9. The van der Waals surface area contributed by atoms with Gasteiger partial charge in [0.05, 0.1) is 31.9 Å². The molecule has 3 aromatic carbocycles. The van der Waals surface area contributed by atoms with E-state index in [-0.39, 0.29) is 62.5 Å². The Kier molecular flexibility index (Phi) is 25.7. The number of aliphatic imine (C=N–C) groups is 1. The van der Waals surface area contributed by atoms with Crippen LogP contribution in [0.25, 0.3) is 0 Å². The Balaban J connectivity index is 1.55. The number of guanidine groups is 1. The molecule has 0 spiro atoms. The van der Waals surface area contributed by atoms with Crippen LogP contribution >= 0.6 is 0 Å². The summed E-state index contributed by atoms with van der Waals surface area (Å²) in [6, 6.07) is 7.23. The summed E-state index contributed by atoms with van der Waals surface area (Å²) in [4.78, 5) is 145. The van der Waals surface area contributed by atoms with Gasteiger partial charge >= 0.3 is 11.9 Å². The Bertz CT molecular complexity index is 2830. The third-order valence-electron chi connectivity index (χ3n) is 12.3. The topological polar surface area (TPSA) is 487 Å². The number of aromatic amines is 1. The number of aromatic nitrogens is 2. The van der Waals surface area contributed by atoms with E-state index < -0.39 is 133 Å². The SMILES string of the molecule is CC(C)[C@H](NC(=O)[C@H](CC(=O)O)NC(=O)[C@H](Cc1ccc(O)cc1)NC(=O)[C@H](Cc1ccc(O)cc1)NC(=O)CNC(=O)[C@H](CCCN=C(N)N)NC(=O)[C@H](CO)NC(=O)[C@H](Cc1ccccc1)NC(=O)[C@@H](N)Cc1cnc[nH]1)C(=O)O. The lowest BCUT2D eigenvalue weighted by Gasteiger charge is -2.26. The zero-order valence-corrected chi connectivity index (χ0v) is 44.9. The average Bonchev–Trinajstić information content (AvgIpc) is 4.02. The summed E-state index contributed by atoms with van der Waals surface area (Å²) in [5.74, 6) is -12.1. The maximum atomic E-state index is 14.3. The van der Waals surface area contributed by atoms with Crippen LogP contribution in [0.2, 0.25) is 0 Å². The molecule has 1 heterocycles. The van der Waals surface area contributed by atoms with Crippen LogP contribution < -0.4 is 59.7 Å². The van der Waals surface area contributed by atoms with Gasteiger partial charge in [-0.05, 0) is 59.7 Å². The minimum atomic E-state index is -1.85. The molecule has 8 amide bonds. The first-order chi connectivity index (χ1) is 38.9. The fourth-order valence-electron chi connectivity index (χ4n) is 7.96. The first-order valence-electron chi connectivity index (χ1n) is 25.8. The second kappa shape index (κ2) is 32.4. The van der Waals surface area contributed by atoms with Crippen LogP contribution in [-0.2, 0) is 73.6 Å². The number of amides is 8. The number of nitrogens with one attached hydrogen (secondary N) is 9. The molecule has 0 unspecified atom stereocenters. The van der Waals surface area contributed by atoms with Gasteiger partial charge in [0.2, 0.25) is 47.3 Å². The summed E-state index contributed by atoms with van der Waals surface area (Å²) < 4.78 is 0. The first-order valence-corrected chi connectivity index (χ1v) is 25.8. The largest absolute Gasteiger partial charge is 0.508 e. The van der Waals surface area contributed by atoms with E-state index in [2.05, 4.69) is 57.5 Å². The van der Waals surface area contributed by atoms with Crippen LogP contribution in [0.1, 0.15) is 55.5 Å². The molecule has 0 saturated carbocycles. The van der Waals surface area contributed by atoms with Gasteiger partial charge in [0.15, 0.2) is 5.96 Å². The van der Waals surface area contributed by atoms with Gasteiger partial charge in [-0.25, -0.2) is 9.78 Å². The van der Waals surface area contributed by atoms with Gasteiger partial charge in [0, 0.05) is 44.1 Å². The number of imidazole rings is 1. The van der Waals surface area contributed by atoms with E-state index in [9.17, 15) is 73.5 Å². The van der Waals surface area contributed by atoms with E-state index in [1.807, 2.05) is 0 Å². The van der Waals surface area contributed by atoms with Crippen molar-refractivity contribution >= 4 is 65.2 Å². The molecule has 0 radical (unpaired) electrons. The van der Waals surface area contributed by atoms with Crippen molar-refractivity contribution in [2.24, 2.45) is 28.1 Å². The first kappa shape index (κ1) is 64.9. The second-order valence-corrected chi connectivity index (χ2v) is 19.3. The number of phenols is 2. The van der Waals surface area contributed by atoms with Crippen molar-refractivity contribution in [1.82, 2.24) is 52.5 Å². The molecule has 0 aliphatic rings. The molecule has 4 aromatic rings. The van der Waals surface area contributed by atoms with E-state index in [0.29, 0.717) is 22.4 Å². The molecule has 0 aliphatic heterocycles. The molecule has 29 nitrogen and oxygen atoms in total. The van der Waals surface area contributed by atoms with Crippen molar-refractivity contribution in [3.63, 3.8) is 0 Å². The highest BCUT2D eigenvalue weighted by molar-refractivity contribution is 5.98. The van der Waals surface area contributed by atoms with Gasteiger partial charge in [-0.3, -0.25) is 48.1 Å². The van der Waals surface area contributed by atoms with Crippen LogP contribution in [0, 0.1) is 5.92 Å². The number of carbonyl (C=O) groups excluding carboxylic acids is 8. The number of aromatic hydroxyl groups is 2. The summed E-state index contributed by atoms with van der Waals surface area (Å²) in [7, 11) is 0. The van der Waals surface area contributed by atoms with Gasteiger partial charge in [-0.1, -0.05) is 68.4 Å². The molecule has 0 bridgehead atoms. The van der Waals surface area contributed by atoms with Crippen molar-refractivity contribution in [1.29, 1.82) is 0 Å². The smallest absolute Gasteiger partial charge is 0.326 e. The molecular formula is C53H70N14O15. The number of hydrogen-bond acceptors (Lipinski definition) is 16. The normalized spacial score (nSPS) is 13.9. The third kappa shape index (κ3) is 22.2. The van der Waals surface area contributed by atoms with Crippen molar-refractivity contribution < 1.29 is 73.5 Å². The molecule has 4 rings (SSSR count). The average molecular weight is 1140 g/mol.